The van der Waals surface area contributed by atoms with Gasteiger partial charge in [0.2, 0.25) is 0 Å². The Morgan fingerprint density at radius 2 is 2.05 bits per heavy atom. The molecule has 3 rings (SSSR count). The van der Waals surface area contributed by atoms with Crippen LogP contribution in [0.4, 0.5) is 0 Å². The van der Waals surface area contributed by atoms with Crippen molar-refractivity contribution >= 4 is 17.0 Å². The molecule has 1 aliphatic carbocycles. The summed E-state index contributed by atoms with van der Waals surface area (Å²) in [6.07, 6.45) is 5.47. The van der Waals surface area contributed by atoms with Crippen LogP contribution < -0.4 is 0 Å². The molecule has 1 heterocycles. The number of hydrogen-bond donors (Lipinski definition) is 2. The minimum absolute atomic E-state index is 0.135. The van der Waals surface area contributed by atoms with Crippen molar-refractivity contribution < 1.29 is 15.0 Å². The molecule has 1 fully saturated rings. The topological polar surface area (TPSA) is 75.3 Å². The normalized spacial score (nSPS) is 23.1. The number of aliphatic hydroxyl groups excluding tert-OH is 1. The maximum atomic E-state index is 10.9. The number of nitrogens with zero attached hydrogens (tertiary/aromatic N) is 2. The molecule has 1 aliphatic rings. The van der Waals surface area contributed by atoms with Crippen LogP contribution in [0.25, 0.3) is 11.0 Å². The van der Waals surface area contributed by atoms with E-state index in [1.165, 1.54) is 0 Å². The van der Waals surface area contributed by atoms with Gasteiger partial charge in [-0.05, 0) is 49.8 Å². The fourth-order valence-electron chi connectivity index (χ4n) is 2.95. The fourth-order valence-corrected chi connectivity index (χ4v) is 2.95. The van der Waals surface area contributed by atoms with Gasteiger partial charge in [-0.1, -0.05) is 0 Å². The van der Waals surface area contributed by atoms with E-state index < -0.39 is 5.97 Å². The number of hydrogen-bond acceptors (Lipinski definition) is 3. The molecule has 2 N–H and O–H groups in total. The maximum absolute atomic E-state index is 10.9. The highest BCUT2D eigenvalue weighted by atomic mass is 16.4. The van der Waals surface area contributed by atoms with E-state index in [1.807, 2.05) is 6.07 Å². The highest BCUT2D eigenvalue weighted by molar-refractivity contribution is 5.92. The van der Waals surface area contributed by atoms with Crippen LogP contribution in [0.2, 0.25) is 0 Å². The van der Waals surface area contributed by atoms with Crippen molar-refractivity contribution in [2.45, 2.75) is 38.3 Å². The first-order valence-electron chi connectivity index (χ1n) is 7.00. The minimum Gasteiger partial charge on any atom is -0.478 e. The van der Waals surface area contributed by atoms with Crippen molar-refractivity contribution in [1.29, 1.82) is 0 Å². The zero-order valence-electron chi connectivity index (χ0n) is 11.2. The van der Waals surface area contributed by atoms with E-state index in [0.29, 0.717) is 5.92 Å². The maximum Gasteiger partial charge on any atom is 0.335 e. The van der Waals surface area contributed by atoms with Crippen LogP contribution in [-0.4, -0.2) is 31.8 Å². The fraction of sp³-hybridized carbons (Fsp3) is 0.467. The second-order valence-electron chi connectivity index (χ2n) is 5.58. The van der Waals surface area contributed by atoms with Crippen molar-refractivity contribution in [3.8, 4) is 0 Å². The van der Waals surface area contributed by atoms with Crippen LogP contribution in [0.15, 0.2) is 24.5 Å². The Balaban J connectivity index is 1.80. The molecule has 0 saturated heterocycles. The van der Waals surface area contributed by atoms with Gasteiger partial charge in [0.1, 0.15) is 0 Å². The minimum atomic E-state index is -0.928. The standard InChI is InChI=1S/C15H18N2O3/c18-12-4-1-10(2-5-12)8-17-9-16-13-7-11(15(19)20)3-6-14(13)17/h3,6-7,9-10,12,18H,1-2,4-5,8H2,(H,19,20). The number of aromatic carboxylic acids is 1. The Labute approximate surface area is 116 Å². The third-order valence-electron chi connectivity index (χ3n) is 4.14. The van der Waals surface area contributed by atoms with Crippen molar-refractivity contribution in [1.82, 2.24) is 9.55 Å². The molecule has 106 valence electrons. The number of carboxylic acids is 1. The van der Waals surface area contributed by atoms with Crippen LogP contribution in [0, 0.1) is 5.92 Å². The van der Waals surface area contributed by atoms with Gasteiger partial charge in [-0.15, -0.1) is 0 Å². The number of carboxylic acid groups (broad SMARTS) is 1. The molecule has 5 heteroatoms. The van der Waals surface area contributed by atoms with Crippen molar-refractivity contribution in [3.05, 3.63) is 30.1 Å². The number of aliphatic hydroxyl groups is 1. The molecule has 1 saturated carbocycles. The molecule has 0 unspecified atom stereocenters. The highest BCUT2D eigenvalue weighted by Gasteiger charge is 2.20. The van der Waals surface area contributed by atoms with Gasteiger partial charge in [0, 0.05) is 6.54 Å². The number of aromatic nitrogens is 2. The number of rotatable bonds is 3. The summed E-state index contributed by atoms with van der Waals surface area (Å²) in [5.41, 5.74) is 1.96. The number of benzene rings is 1. The van der Waals surface area contributed by atoms with Crippen LogP contribution in [0.1, 0.15) is 36.0 Å². The number of carbonyl (C=O) groups is 1. The van der Waals surface area contributed by atoms with Gasteiger partial charge in [0.05, 0.1) is 29.0 Å². The smallest absolute Gasteiger partial charge is 0.335 e. The zero-order chi connectivity index (χ0) is 14.1. The van der Waals surface area contributed by atoms with Gasteiger partial charge < -0.3 is 14.8 Å². The van der Waals surface area contributed by atoms with E-state index in [4.69, 9.17) is 5.11 Å². The zero-order valence-corrected chi connectivity index (χ0v) is 11.2. The van der Waals surface area contributed by atoms with Gasteiger partial charge >= 0.3 is 5.97 Å². The summed E-state index contributed by atoms with van der Waals surface area (Å²) in [5, 5.41) is 18.5. The molecule has 5 nitrogen and oxygen atoms in total. The predicted octanol–water partition coefficient (Wildman–Crippen LogP) is 2.29. The third kappa shape index (κ3) is 2.54. The Kier molecular flexibility index (Phi) is 3.44. The highest BCUT2D eigenvalue weighted by Crippen LogP contribution is 2.27. The summed E-state index contributed by atoms with van der Waals surface area (Å²) < 4.78 is 2.09. The average molecular weight is 274 g/mol. The van der Waals surface area contributed by atoms with Gasteiger partial charge in [-0.2, -0.15) is 0 Å². The molecule has 0 spiro atoms. The average Bonchev–Trinajstić information content (AvgIpc) is 2.84. The van der Waals surface area contributed by atoms with Crippen LogP contribution >= 0.6 is 0 Å². The van der Waals surface area contributed by atoms with Gasteiger partial charge in [-0.25, -0.2) is 9.78 Å². The number of imidazole rings is 1. The van der Waals surface area contributed by atoms with Crippen LogP contribution in [-0.2, 0) is 6.54 Å². The van der Waals surface area contributed by atoms with Crippen molar-refractivity contribution in [2.75, 3.05) is 0 Å². The molecule has 20 heavy (non-hydrogen) atoms. The summed E-state index contributed by atoms with van der Waals surface area (Å²) in [6, 6.07) is 5.05. The van der Waals surface area contributed by atoms with Gasteiger partial charge in [0.15, 0.2) is 0 Å². The van der Waals surface area contributed by atoms with Gasteiger partial charge in [0.25, 0.3) is 0 Å². The Morgan fingerprint density at radius 1 is 1.30 bits per heavy atom. The van der Waals surface area contributed by atoms with E-state index >= 15 is 0 Å². The molecular formula is C15H18N2O3. The molecule has 0 bridgehead atoms. The lowest BCUT2D eigenvalue weighted by molar-refractivity contribution is 0.0697. The lowest BCUT2D eigenvalue weighted by Gasteiger charge is -2.25. The molecular weight excluding hydrogens is 256 g/mol. The summed E-state index contributed by atoms with van der Waals surface area (Å²) >= 11 is 0. The van der Waals surface area contributed by atoms with Crippen molar-refractivity contribution in [2.24, 2.45) is 5.92 Å². The first-order valence-corrected chi connectivity index (χ1v) is 7.00. The SMILES string of the molecule is O=C(O)c1ccc2c(c1)ncn2CC1CCC(O)CC1. The van der Waals surface area contributed by atoms with E-state index in [1.54, 1.807) is 18.5 Å². The summed E-state index contributed by atoms with van der Waals surface area (Å²) in [7, 11) is 0. The summed E-state index contributed by atoms with van der Waals surface area (Å²) in [4.78, 5) is 15.2. The first kappa shape index (κ1) is 13.1. The largest absolute Gasteiger partial charge is 0.478 e. The third-order valence-corrected chi connectivity index (χ3v) is 4.14. The van der Waals surface area contributed by atoms with E-state index in [-0.39, 0.29) is 11.7 Å². The Bertz CT molecular complexity index is 627. The lowest BCUT2D eigenvalue weighted by atomic mass is 9.87. The van der Waals surface area contributed by atoms with Crippen LogP contribution in [0.3, 0.4) is 0 Å². The van der Waals surface area contributed by atoms with Crippen LogP contribution in [0.5, 0.6) is 0 Å². The lowest BCUT2D eigenvalue weighted by Crippen LogP contribution is -2.21. The monoisotopic (exact) mass is 274 g/mol. The molecule has 2 aromatic rings. The second-order valence-corrected chi connectivity index (χ2v) is 5.58. The molecule has 0 aliphatic heterocycles. The predicted molar refractivity (Wildman–Crippen MR) is 74.7 cm³/mol. The molecule has 0 atom stereocenters. The van der Waals surface area contributed by atoms with E-state index in [0.717, 1.165) is 43.3 Å². The molecule has 0 radical (unpaired) electrons. The number of fused-ring (bicyclic) bond motifs is 1. The summed E-state index contributed by atoms with van der Waals surface area (Å²) in [6.45, 7) is 0.885. The molecule has 1 aromatic heterocycles. The Hall–Kier alpha value is -1.88. The second kappa shape index (κ2) is 5.25. The van der Waals surface area contributed by atoms with E-state index in [9.17, 15) is 9.90 Å². The molecule has 1 aromatic carbocycles. The molecule has 0 amide bonds. The quantitative estimate of drug-likeness (QED) is 0.900. The Morgan fingerprint density at radius 3 is 2.75 bits per heavy atom. The van der Waals surface area contributed by atoms with Crippen molar-refractivity contribution in [3.63, 3.8) is 0 Å². The van der Waals surface area contributed by atoms with E-state index in [2.05, 4.69) is 9.55 Å². The van der Waals surface area contributed by atoms with Gasteiger partial charge in [-0.3, -0.25) is 0 Å². The summed E-state index contributed by atoms with van der Waals surface area (Å²) in [5.74, 6) is -0.363. The first-order chi connectivity index (χ1) is 9.63.